The molecule has 0 amide bonds. The van der Waals surface area contributed by atoms with E-state index < -0.39 is 4.92 Å². The van der Waals surface area contributed by atoms with Crippen LogP contribution >= 0.6 is 0 Å². The van der Waals surface area contributed by atoms with Crippen molar-refractivity contribution >= 4 is 28.6 Å². The fourth-order valence-corrected chi connectivity index (χ4v) is 2.20. The second-order valence-electron chi connectivity index (χ2n) is 4.67. The van der Waals surface area contributed by atoms with Gasteiger partial charge in [-0.2, -0.15) is 0 Å². The van der Waals surface area contributed by atoms with Gasteiger partial charge in [-0.05, 0) is 28.5 Å². The molecule has 0 aliphatic carbocycles. The summed E-state index contributed by atoms with van der Waals surface area (Å²) in [6.45, 7) is 1.53. The zero-order valence-corrected chi connectivity index (χ0v) is 11.3. The first kappa shape index (κ1) is 13.1. The molecule has 5 heteroatoms. The third-order valence-electron chi connectivity index (χ3n) is 3.25. The first-order valence-electron chi connectivity index (χ1n) is 6.43. The topological polar surface area (TPSA) is 69.2 Å². The number of hydrogen-bond donors (Lipinski definition) is 0. The van der Waals surface area contributed by atoms with Crippen LogP contribution in [0.25, 0.3) is 22.9 Å². The zero-order chi connectivity index (χ0) is 14.8. The van der Waals surface area contributed by atoms with Crippen molar-refractivity contribution in [1.29, 1.82) is 0 Å². The number of nitro groups is 1. The SMILES string of the molecule is Cc1onc(C=Cc2ccc3ccccc3c2)c1[N+](=O)[O-]. The lowest BCUT2D eigenvalue weighted by atomic mass is 10.1. The summed E-state index contributed by atoms with van der Waals surface area (Å²) in [4.78, 5) is 10.5. The van der Waals surface area contributed by atoms with Crippen LogP contribution in [-0.2, 0) is 0 Å². The van der Waals surface area contributed by atoms with Gasteiger partial charge in [0.1, 0.15) is 0 Å². The Morgan fingerprint density at radius 1 is 1.14 bits per heavy atom. The average molecular weight is 280 g/mol. The Kier molecular flexibility index (Phi) is 3.23. The molecule has 0 fully saturated rings. The highest BCUT2D eigenvalue weighted by Gasteiger charge is 2.21. The highest BCUT2D eigenvalue weighted by Crippen LogP contribution is 2.24. The predicted octanol–water partition coefficient (Wildman–Crippen LogP) is 4.21. The van der Waals surface area contributed by atoms with E-state index in [2.05, 4.69) is 5.16 Å². The minimum atomic E-state index is -0.480. The Labute approximate surface area is 120 Å². The molecule has 0 saturated heterocycles. The molecule has 104 valence electrons. The van der Waals surface area contributed by atoms with Crippen molar-refractivity contribution < 1.29 is 9.45 Å². The van der Waals surface area contributed by atoms with E-state index in [0.29, 0.717) is 0 Å². The van der Waals surface area contributed by atoms with Gasteiger partial charge in [0.15, 0.2) is 5.69 Å². The monoisotopic (exact) mass is 280 g/mol. The van der Waals surface area contributed by atoms with Crippen molar-refractivity contribution in [2.24, 2.45) is 0 Å². The average Bonchev–Trinajstić information content (AvgIpc) is 2.86. The van der Waals surface area contributed by atoms with Crippen LogP contribution in [0.15, 0.2) is 47.0 Å². The number of rotatable bonds is 3. The summed E-state index contributed by atoms with van der Waals surface area (Å²) < 4.78 is 4.87. The van der Waals surface area contributed by atoms with Crippen molar-refractivity contribution in [3.63, 3.8) is 0 Å². The number of nitrogens with zero attached hydrogens (tertiary/aromatic N) is 2. The highest BCUT2D eigenvalue weighted by atomic mass is 16.6. The molecule has 0 aliphatic heterocycles. The maximum Gasteiger partial charge on any atom is 0.338 e. The van der Waals surface area contributed by atoms with Gasteiger partial charge < -0.3 is 4.52 Å². The van der Waals surface area contributed by atoms with E-state index in [1.54, 1.807) is 12.2 Å². The van der Waals surface area contributed by atoms with E-state index in [-0.39, 0.29) is 17.1 Å². The smallest absolute Gasteiger partial charge is 0.338 e. The van der Waals surface area contributed by atoms with E-state index in [0.717, 1.165) is 16.3 Å². The lowest BCUT2D eigenvalue weighted by molar-refractivity contribution is -0.386. The van der Waals surface area contributed by atoms with Crippen LogP contribution in [0.3, 0.4) is 0 Å². The molecule has 3 aromatic rings. The quantitative estimate of drug-likeness (QED) is 0.532. The Morgan fingerprint density at radius 2 is 1.90 bits per heavy atom. The maximum absolute atomic E-state index is 11.0. The Bertz CT molecular complexity index is 850. The van der Waals surface area contributed by atoms with Gasteiger partial charge in [0.2, 0.25) is 5.76 Å². The molecule has 0 radical (unpaired) electrons. The van der Waals surface area contributed by atoms with Crippen LogP contribution in [0.2, 0.25) is 0 Å². The minimum absolute atomic E-state index is 0.0907. The summed E-state index contributed by atoms with van der Waals surface area (Å²) in [5.74, 6) is 0.207. The highest BCUT2D eigenvalue weighted by molar-refractivity contribution is 5.86. The van der Waals surface area contributed by atoms with Gasteiger partial charge >= 0.3 is 5.69 Å². The molecule has 21 heavy (non-hydrogen) atoms. The molecule has 1 heterocycles. The van der Waals surface area contributed by atoms with Gasteiger partial charge in [0.25, 0.3) is 0 Å². The summed E-state index contributed by atoms with van der Waals surface area (Å²) in [7, 11) is 0. The predicted molar refractivity (Wildman–Crippen MR) is 80.8 cm³/mol. The fourth-order valence-electron chi connectivity index (χ4n) is 2.20. The second-order valence-corrected chi connectivity index (χ2v) is 4.67. The molecular formula is C16H12N2O3. The third kappa shape index (κ3) is 2.53. The van der Waals surface area contributed by atoms with Crippen molar-refractivity contribution in [3.05, 3.63) is 69.6 Å². The summed E-state index contributed by atoms with van der Waals surface area (Å²) >= 11 is 0. The van der Waals surface area contributed by atoms with Gasteiger partial charge in [-0.25, -0.2) is 0 Å². The molecule has 0 bridgehead atoms. The van der Waals surface area contributed by atoms with Gasteiger partial charge in [0.05, 0.1) is 4.92 Å². The molecule has 0 aliphatic rings. The summed E-state index contributed by atoms with van der Waals surface area (Å²) in [5.41, 5.74) is 1.08. The van der Waals surface area contributed by atoms with Gasteiger partial charge in [0, 0.05) is 6.92 Å². The van der Waals surface area contributed by atoms with Crippen LogP contribution < -0.4 is 0 Å². The maximum atomic E-state index is 11.0. The minimum Gasteiger partial charge on any atom is -0.354 e. The van der Waals surface area contributed by atoms with Gasteiger partial charge in [-0.1, -0.05) is 47.6 Å². The summed E-state index contributed by atoms with van der Waals surface area (Å²) in [5, 5.41) is 16.9. The van der Waals surface area contributed by atoms with Crippen LogP contribution in [0.5, 0.6) is 0 Å². The summed E-state index contributed by atoms with van der Waals surface area (Å²) in [6, 6.07) is 14.0. The van der Waals surface area contributed by atoms with Crippen LogP contribution in [0.1, 0.15) is 17.0 Å². The Hall–Kier alpha value is -2.95. The van der Waals surface area contributed by atoms with Crippen molar-refractivity contribution in [3.8, 4) is 0 Å². The first-order valence-corrected chi connectivity index (χ1v) is 6.43. The third-order valence-corrected chi connectivity index (χ3v) is 3.25. The van der Waals surface area contributed by atoms with Crippen LogP contribution in [-0.4, -0.2) is 10.1 Å². The molecule has 0 saturated carbocycles. The summed E-state index contributed by atoms with van der Waals surface area (Å²) in [6.07, 6.45) is 3.38. The zero-order valence-electron chi connectivity index (χ0n) is 11.3. The molecular weight excluding hydrogens is 268 g/mol. The van der Waals surface area contributed by atoms with Crippen molar-refractivity contribution in [2.45, 2.75) is 6.92 Å². The lowest BCUT2D eigenvalue weighted by Gasteiger charge is -1.98. The number of benzene rings is 2. The molecule has 1 aromatic heterocycles. The normalized spacial score (nSPS) is 11.3. The van der Waals surface area contributed by atoms with E-state index in [9.17, 15) is 10.1 Å². The number of hydrogen-bond acceptors (Lipinski definition) is 4. The van der Waals surface area contributed by atoms with Crippen LogP contribution in [0, 0.1) is 17.0 Å². The van der Waals surface area contributed by atoms with E-state index in [1.165, 1.54) is 6.92 Å². The largest absolute Gasteiger partial charge is 0.354 e. The van der Waals surface area contributed by atoms with E-state index in [1.807, 2.05) is 42.5 Å². The lowest BCUT2D eigenvalue weighted by Crippen LogP contribution is -1.90. The number of aromatic nitrogens is 1. The molecule has 0 spiro atoms. The Morgan fingerprint density at radius 3 is 2.67 bits per heavy atom. The van der Waals surface area contributed by atoms with E-state index >= 15 is 0 Å². The number of aryl methyl sites for hydroxylation is 1. The molecule has 0 atom stereocenters. The van der Waals surface area contributed by atoms with Gasteiger partial charge in [-0.3, -0.25) is 10.1 Å². The van der Waals surface area contributed by atoms with Crippen LogP contribution in [0.4, 0.5) is 5.69 Å². The molecule has 3 rings (SSSR count). The van der Waals surface area contributed by atoms with E-state index in [4.69, 9.17) is 4.52 Å². The molecule has 2 aromatic carbocycles. The molecule has 0 unspecified atom stereocenters. The first-order chi connectivity index (χ1) is 10.1. The fraction of sp³-hybridized carbons (Fsp3) is 0.0625. The Balaban J connectivity index is 1.96. The second kappa shape index (κ2) is 5.20. The van der Waals surface area contributed by atoms with Crippen molar-refractivity contribution in [1.82, 2.24) is 5.16 Å². The molecule has 0 N–H and O–H groups in total. The van der Waals surface area contributed by atoms with Crippen molar-refractivity contribution in [2.75, 3.05) is 0 Å². The number of fused-ring (bicyclic) bond motifs is 1. The molecule has 5 nitrogen and oxygen atoms in total. The standard InChI is InChI=1S/C16H12N2O3/c1-11-16(18(19)20)15(17-21-11)9-7-12-6-8-13-4-2-3-5-14(13)10-12/h2-10H,1H3. The van der Waals surface area contributed by atoms with Gasteiger partial charge in [-0.15, -0.1) is 0 Å².